The first kappa shape index (κ1) is 18.3. The number of nitrogens with one attached hydrogen (secondary N) is 1. The normalized spacial score (nSPS) is 13.5. The van der Waals surface area contributed by atoms with Crippen LogP contribution in [0.15, 0.2) is 60.9 Å². The minimum Gasteiger partial charge on any atom is -0.494 e. The molecule has 1 fully saturated rings. The lowest BCUT2D eigenvalue weighted by Gasteiger charge is -2.10. The number of rotatable bonds is 6. The number of carbonyl (C=O) groups excluding carboxylic acids is 1. The first-order valence-corrected chi connectivity index (χ1v) is 9.94. The van der Waals surface area contributed by atoms with E-state index in [1.165, 1.54) is 0 Å². The van der Waals surface area contributed by atoms with Crippen LogP contribution < -0.4 is 10.1 Å². The molecule has 0 saturated heterocycles. The third-order valence-electron chi connectivity index (χ3n) is 5.29. The Labute approximate surface area is 173 Å². The second-order valence-electron chi connectivity index (χ2n) is 7.63. The maximum absolute atomic E-state index is 12.9. The van der Waals surface area contributed by atoms with Crippen LogP contribution in [-0.2, 0) is 13.7 Å². The fourth-order valence-electron chi connectivity index (χ4n) is 3.57. The van der Waals surface area contributed by atoms with Crippen molar-refractivity contribution in [2.24, 2.45) is 7.05 Å². The Hall–Kier alpha value is -3.74. The third-order valence-corrected chi connectivity index (χ3v) is 5.29. The number of ether oxygens (including phenoxy) is 1. The predicted molar refractivity (Wildman–Crippen MR) is 114 cm³/mol. The van der Waals surface area contributed by atoms with Crippen LogP contribution in [-0.4, -0.2) is 25.4 Å². The lowest BCUT2D eigenvalue weighted by Crippen LogP contribution is -2.12. The molecule has 0 spiro atoms. The molecule has 2 aromatic heterocycles. The Morgan fingerprint density at radius 3 is 2.70 bits per heavy atom. The molecule has 2 aromatic carbocycles. The summed E-state index contributed by atoms with van der Waals surface area (Å²) in [5.74, 6) is 0.898. The zero-order valence-corrected chi connectivity index (χ0v) is 16.6. The Morgan fingerprint density at radius 1 is 1.20 bits per heavy atom. The van der Waals surface area contributed by atoms with E-state index < -0.39 is 0 Å². The maximum atomic E-state index is 12.9. The second kappa shape index (κ2) is 7.26. The molecule has 0 atom stereocenters. The van der Waals surface area contributed by atoms with Crippen molar-refractivity contribution in [3.8, 4) is 11.6 Å². The zero-order valence-electron chi connectivity index (χ0n) is 16.6. The second-order valence-corrected chi connectivity index (χ2v) is 7.63. The molecule has 5 rings (SSSR count). The number of aryl methyl sites for hydroxylation is 1. The average molecular weight is 402 g/mol. The zero-order chi connectivity index (χ0) is 20.7. The van der Waals surface area contributed by atoms with Crippen molar-refractivity contribution in [1.29, 1.82) is 0 Å². The predicted octanol–water partition coefficient (Wildman–Crippen LogP) is 4.25. The molecule has 1 saturated carbocycles. The van der Waals surface area contributed by atoms with Gasteiger partial charge in [-0.05, 0) is 30.5 Å². The fraction of sp³-hybridized carbons (Fsp3) is 0.217. The largest absolute Gasteiger partial charge is 0.494 e. The molecular weight excluding hydrogens is 380 g/mol. The van der Waals surface area contributed by atoms with Gasteiger partial charge in [-0.2, -0.15) is 5.10 Å². The van der Waals surface area contributed by atoms with E-state index in [4.69, 9.17) is 4.74 Å². The molecule has 152 valence electrons. The first-order chi connectivity index (χ1) is 14.6. The molecule has 1 amide bonds. The molecule has 2 heterocycles. The molecule has 0 bridgehead atoms. The lowest BCUT2D eigenvalue weighted by atomic mass is 10.1. The topological polar surface area (TPSA) is 81.3 Å². The highest BCUT2D eigenvalue weighted by Gasteiger charge is 2.28. The van der Waals surface area contributed by atoms with Gasteiger partial charge in [0, 0.05) is 47.9 Å². The molecule has 2 N–H and O–H groups in total. The van der Waals surface area contributed by atoms with Crippen molar-refractivity contribution in [3.05, 3.63) is 72.1 Å². The fourth-order valence-corrected chi connectivity index (χ4v) is 3.57. The highest BCUT2D eigenvalue weighted by molar-refractivity contribution is 6.08. The van der Waals surface area contributed by atoms with Crippen LogP contribution in [0.5, 0.6) is 11.6 Å². The number of hydrogen-bond acceptors (Lipinski definition) is 4. The summed E-state index contributed by atoms with van der Waals surface area (Å²) >= 11 is 0. The van der Waals surface area contributed by atoms with E-state index in [9.17, 15) is 9.90 Å². The smallest absolute Gasteiger partial charge is 0.257 e. The van der Waals surface area contributed by atoms with Gasteiger partial charge in [-0.3, -0.25) is 9.48 Å². The number of nitrogens with zero attached hydrogens (tertiary/aromatic N) is 3. The van der Waals surface area contributed by atoms with E-state index in [1.807, 2.05) is 41.1 Å². The number of amides is 1. The summed E-state index contributed by atoms with van der Waals surface area (Å²) in [5, 5.41) is 19.2. The Kier molecular flexibility index (Phi) is 4.43. The van der Waals surface area contributed by atoms with Gasteiger partial charge in [0.25, 0.3) is 5.91 Å². The number of carbonyl (C=O) groups is 1. The van der Waals surface area contributed by atoms with Crippen molar-refractivity contribution >= 4 is 22.5 Å². The molecule has 7 heteroatoms. The Morgan fingerprint density at radius 2 is 2.00 bits per heavy atom. The van der Waals surface area contributed by atoms with E-state index >= 15 is 0 Å². The minimum absolute atomic E-state index is 0.171. The summed E-state index contributed by atoms with van der Waals surface area (Å²) in [6.07, 6.45) is 5.77. The van der Waals surface area contributed by atoms with Gasteiger partial charge in [0.15, 0.2) is 11.7 Å². The van der Waals surface area contributed by atoms with Crippen molar-refractivity contribution in [1.82, 2.24) is 14.3 Å². The highest BCUT2D eigenvalue weighted by atomic mass is 16.5. The molecule has 30 heavy (non-hydrogen) atoms. The van der Waals surface area contributed by atoms with Gasteiger partial charge in [-0.25, -0.2) is 0 Å². The Bertz CT molecular complexity index is 1220. The molecule has 1 aliphatic carbocycles. The summed E-state index contributed by atoms with van der Waals surface area (Å²) in [7, 11) is 1.79. The van der Waals surface area contributed by atoms with Crippen LogP contribution in [0, 0.1) is 0 Å². The average Bonchev–Trinajstić information content (AvgIpc) is 3.44. The molecule has 0 aliphatic heterocycles. The van der Waals surface area contributed by atoms with E-state index in [0.29, 0.717) is 35.2 Å². The van der Waals surface area contributed by atoms with E-state index in [0.717, 1.165) is 23.8 Å². The summed E-state index contributed by atoms with van der Waals surface area (Å²) in [5.41, 5.74) is 1.43. The van der Waals surface area contributed by atoms with Crippen molar-refractivity contribution in [2.75, 3.05) is 5.32 Å². The van der Waals surface area contributed by atoms with Gasteiger partial charge in [0.2, 0.25) is 0 Å². The number of aromatic hydroxyl groups is 1. The number of hydrogen-bond donors (Lipinski definition) is 2. The van der Waals surface area contributed by atoms with Gasteiger partial charge in [0.1, 0.15) is 12.4 Å². The maximum Gasteiger partial charge on any atom is 0.257 e. The number of anilines is 1. The molecule has 0 radical (unpaired) electrons. The van der Waals surface area contributed by atoms with Gasteiger partial charge in [0.05, 0.1) is 0 Å². The number of benzene rings is 2. The van der Waals surface area contributed by atoms with Crippen LogP contribution in [0.4, 0.5) is 5.82 Å². The molecule has 4 aromatic rings. The molecule has 1 aliphatic rings. The quantitative estimate of drug-likeness (QED) is 0.505. The SMILES string of the molecule is Cn1ccc(NC(=O)c2cc(OCc3ccccc3)c3cn(C4CC4)c(O)c3c2)n1. The van der Waals surface area contributed by atoms with Crippen molar-refractivity contribution in [3.63, 3.8) is 0 Å². The van der Waals surface area contributed by atoms with Crippen LogP contribution in [0.25, 0.3) is 10.8 Å². The first-order valence-electron chi connectivity index (χ1n) is 9.94. The highest BCUT2D eigenvalue weighted by Crippen LogP contribution is 2.44. The lowest BCUT2D eigenvalue weighted by molar-refractivity contribution is 0.102. The van der Waals surface area contributed by atoms with Crippen LogP contribution in [0.3, 0.4) is 0 Å². The van der Waals surface area contributed by atoms with Crippen molar-refractivity contribution in [2.45, 2.75) is 25.5 Å². The van der Waals surface area contributed by atoms with E-state index in [1.54, 1.807) is 36.1 Å². The molecular formula is C23H22N4O3. The summed E-state index contributed by atoms with van der Waals surface area (Å²) in [6, 6.07) is 15.3. The Balaban J connectivity index is 1.52. The molecule has 0 unspecified atom stereocenters. The number of fused-ring (bicyclic) bond motifs is 1. The minimum atomic E-state index is -0.307. The summed E-state index contributed by atoms with van der Waals surface area (Å²) in [6.45, 7) is 0.372. The number of aromatic nitrogens is 3. The van der Waals surface area contributed by atoms with Gasteiger partial charge < -0.3 is 19.7 Å². The van der Waals surface area contributed by atoms with Crippen LogP contribution in [0.2, 0.25) is 0 Å². The van der Waals surface area contributed by atoms with Crippen LogP contribution >= 0.6 is 0 Å². The summed E-state index contributed by atoms with van der Waals surface area (Å²) in [4.78, 5) is 12.9. The third kappa shape index (κ3) is 3.50. The van der Waals surface area contributed by atoms with E-state index in [-0.39, 0.29) is 11.8 Å². The van der Waals surface area contributed by atoms with Gasteiger partial charge >= 0.3 is 0 Å². The summed E-state index contributed by atoms with van der Waals surface area (Å²) < 4.78 is 9.59. The van der Waals surface area contributed by atoms with E-state index in [2.05, 4.69) is 10.4 Å². The standard InChI is InChI=1S/C23H22N4O3/c1-26-10-9-21(25-26)24-22(28)16-11-18-19(13-27(23(18)29)17-7-8-17)20(12-16)30-14-15-5-3-2-4-6-15/h2-6,9-13,17,29H,7-8,14H2,1H3,(H,24,25,28). The van der Waals surface area contributed by atoms with Crippen LogP contribution in [0.1, 0.15) is 34.8 Å². The van der Waals surface area contributed by atoms with Crippen molar-refractivity contribution < 1.29 is 14.6 Å². The molecule has 7 nitrogen and oxygen atoms in total. The van der Waals surface area contributed by atoms with Gasteiger partial charge in [-0.15, -0.1) is 0 Å². The van der Waals surface area contributed by atoms with Gasteiger partial charge in [-0.1, -0.05) is 30.3 Å². The monoisotopic (exact) mass is 402 g/mol.